The van der Waals surface area contributed by atoms with Crippen LogP contribution in [0.25, 0.3) is 0 Å². The van der Waals surface area contributed by atoms with Gasteiger partial charge < -0.3 is 9.47 Å². The van der Waals surface area contributed by atoms with Crippen molar-refractivity contribution in [2.75, 3.05) is 13.2 Å². The molecule has 4 heteroatoms. The lowest BCUT2D eigenvalue weighted by atomic mass is 9.83. The van der Waals surface area contributed by atoms with Crippen molar-refractivity contribution in [3.63, 3.8) is 0 Å². The van der Waals surface area contributed by atoms with Crippen LogP contribution in [0, 0.1) is 0 Å². The Balaban J connectivity index is 2.24. The van der Waals surface area contributed by atoms with Gasteiger partial charge in [0.15, 0.2) is 11.5 Å². The Kier molecular flexibility index (Phi) is 3.11. The van der Waals surface area contributed by atoms with E-state index in [-0.39, 0.29) is 0 Å². The molecule has 1 heterocycles. The van der Waals surface area contributed by atoms with Crippen molar-refractivity contribution >= 4 is 31.9 Å². The molecular formula is C13H14Br2O2. The van der Waals surface area contributed by atoms with Crippen LogP contribution < -0.4 is 9.47 Å². The van der Waals surface area contributed by atoms with Gasteiger partial charge in [0.05, 0.1) is 0 Å². The van der Waals surface area contributed by atoms with Gasteiger partial charge in [-0.15, -0.1) is 0 Å². The molecule has 0 bridgehead atoms. The van der Waals surface area contributed by atoms with E-state index < -0.39 is 0 Å². The highest BCUT2D eigenvalue weighted by Gasteiger charge is 2.32. The van der Waals surface area contributed by atoms with Gasteiger partial charge in [0.2, 0.25) is 0 Å². The van der Waals surface area contributed by atoms with Gasteiger partial charge in [0, 0.05) is 14.9 Å². The van der Waals surface area contributed by atoms with Crippen molar-refractivity contribution in [3.8, 4) is 11.5 Å². The topological polar surface area (TPSA) is 18.5 Å². The van der Waals surface area contributed by atoms with Crippen molar-refractivity contribution in [2.24, 2.45) is 0 Å². The van der Waals surface area contributed by atoms with Crippen LogP contribution in [0.4, 0.5) is 0 Å². The summed E-state index contributed by atoms with van der Waals surface area (Å²) in [5.74, 6) is 2.40. The molecule has 1 aliphatic carbocycles. The molecule has 0 aromatic heterocycles. The van der Waals surface area contributed by atoms with Crippen LogP contribution in [0.15, 0.2) is 10.5 Å². The fourth-order valence-electron chi connectivity index (χ4n) is 2.69. The molecule has 3 rings (SSSR count). The maximum atomic E-state index is 5.82. The zero-order chi connectivity index (χ0) is 12.0. The molecule has 0 amide bonds. The molecule has 0 saturated carbocycles. The van der Waals surface area contributed by atoms with Crippen LogP contribution in [0.2, 0.25) is 0 Å². The van der Waals surface area contributed by atoms with E-state index in [4.69, 9.17) is 9.47 Å². The van der Waals surface area contributed by atoms with Gasteiger partial charge in [-0.25, -0.2) is 0 Å². The first-order valence-electron chi connectivity index (χ1n) is 5.94. The summed E-state index contributed by atoms with van der Waals surface area (Å²) in [7, 11) is 0. The minimum absolute atomic E-state index is 0.377. The van der Waals surface area contributed by atoms with Crippen molar-refractivity contribution < 1.29 is 9.47 Å². The molecule has 1 aromatic rings. The monoisotopic (exact) mass is 360 g/mol. The number of alkyl halides is 1. The molecule has 17 heavy (non-hydrogen) atoms. The highest BCUT2D eigenvalue weighted by Crippen LogP contribution is 2.52. The molecule has 2 atom stereocenters. The van der Waals surface area contributed by atoms with E-state index in [0.29, 0.717) is 24.0 Å². The van der Waals surface area contributed by atoms with E-state index in [0.717, 1.165) is 22.4 Å². The van der Waals surface area contributed by atoms with Gasteiger partial charge >= 0.3 is 0 Å². The quantitative estimate of drug-likeness (QED) is 0.631. The fraction of sp³-hybridized carbons (Fsp3) is 0.538. The molecule has 2 aliphatic rings. The van der Waals surface area contributed by atoms with Gasteiger partial charge in [0.25, 0.3) is 0 Å². The highest BCUT2D eigenvalue weighted by atomic mass is 79.9. The van der Waals surface area contributed by atoms with Gasteiger partial charge in [-0.05, 0) is 30.4 Å². The van der Waals surface area contributed by atoms with Gasteiger partial charge in [-0.1, -0.05) is 38.8 Å². The van der Waals surface area contributed by atoms with Crippen molar-refractivity contribution in [3.05, 3.63) is 21.7 Å². The summed E-state index contributed by atoms with van der Waals surface area (Å²) in [6.07, 6.45) is 2.36. The maximum Gasteiger partial charge on any atom is 0.166 e. The Morgan fingerprint density at radius 3 is 2.76 bits per heavy atom. The van der Waals surface area contributed by atoms with Gasteiger partial charge in [-0.3, -0.25) is 0 Å². The van der Waals surface area contributed by atoms with Gasteiger partial charge in [-0.2, -0.15) is 0 Å². The number of ether oxygens (including phenoxy) is 2. The SMILES string of the molecule is CC1CCC(Br)c2c3c(cc(Br)c21)OCCO3. The predicted octanol–water partition coefficient (Wildman–Crippen LogP) is 4.55. The van der Waals surface area contributed by atoms with Crippen LogP contribution in [-0.2, 0) is 0 Å². The number of halogens is 2. The van der Waals surface area contributed by atoms with E-state index in [2.05, 4.69) is 44.8 Å². The highest BCUT2D eigenvalue weighted by molar-refractivity contribution is 9.10. The van der Waals surface area contributed by atoms with E-state index in [1.165, 1.54) is 17.5 Å². The number of fused-ring (bicyclic) bond motifs is 3. The van der Waals surface area contributed by atoms with Gasteiger partial charge in [0.1, 0.15) is 13.2 Å². The van der Waals surface area contributed by atoms with Crippen molar-refractivity contribution in [1.82, 2.24) is 0 Å². The van der Waals surface area contributed by atoms with E-state index >= 15 is 0 Å². The van der Waals surface area contributed by atoms with Crippen LogP contribution in [0.5, 0.6) is 11.5 Å². The van der Waals surface area contributed by atoms with Crippen LogP contribution in [0.3, 0.4) is 0 Å². The first-order valence-corrected chi connectivity index (χ1v) is 7.65. The average molecular weight is 362 g/mol. The van der Waals surface area contributed by atoms with Crippen molar-refractivity contribution in [2.45, 2.75) is 30.5 Å². The first-order chi connectivity index (χ1) is 8.18. The Bertz CT molecular complexity index is 459. The van der Waals surface area contributed by atoms with Crippen molar-refractivity contribution in [1.29, 1.82) is 0 Å². The number of hydrogen-bond donors (Lipinski definition) is 0. The standard InChI is InChI=1S/C13H14Br2O2/c1-7-2-3-8(14)12-11(7)9(15)6-10-13(12)17-5-4-16-10/h6-8H,2-5H2,1H3. The fourth-order valence-corrected chi connectivity index (χ4v) is 4.22. The summed E-state index contributed by atoms with van der Waals surface area (Å²) in [4.78, 5) is 0.377. The summed E-state index contributed by atoms with van der Waals surface area (Å²) >= 11 is 7.44. The zero-order valence-electron chi connectivity index (χ0n) is 9.63. The lowest BCUT2D eigenvalue weighted by Gasteiger charge is -2.32. The second kappa shape index (κ2) is 4.47. The van der Waals surface area contributed by atoms with E-state index in [1.54, 1.807) is 0 Å². The molecule has 92 valence electrons. The third-order valence-corrected chi connectivity index (χ3v) is 5.09. The molecule has 2 nitrogen and oxygen atoms in total. The third kappa shape index (κ3) is 1.89. The predicted molar refractivity (Wildman–Crippen MR) is 74.4 cm³/mol. The van der Waals surface area contributed by atoms with Crippen LogP contribution in [0.1, 0.15) is 41.6 Å². The Hall–Kier alpha value is -0.220. The lowest BCUT2D eigenvalue weighted by Crippen LogP contribution is -2.20. The van der Waals surface area contributed by atoms with Crippen LogP contribution in [-0.4, -0.2) is 13.2 Å². The molecule has 0 saturated heterocycles. The smallest absolute Gasteiger partial charge is 0.166 e. The molecular weight excluding hydrogens is 348 g/mol. The number of hydrogen-bond acceptors (Lipinski definition) is 2. The minimum Gasteiger partial charge on any atom is -0.486 e. The largest absolute Gasteiger partial charge is 0.486 e. The second-order valence-electron chi connectivity index (χ2n) is 4.66. The molecule has 0 radical (unpaired) electrons. The molecule has 0 spiro atoms. The normalized spacial score (nSPS) is 26.5. The van der Waals surface area contributed by atoms with Crippen LogP contribution >= 0.6 is 31.9 Å². The Labute approximate surface area is 118 Å². The summed E-state index contributed by atoms with van der Waals surface area (Å²) in [5.41, 5.74) is 2.66. The summed E-state index contributed by atoms with van der Waals surface area (Å²) in [6, 6.07) is 2.05. The van der Waals surface area contributed by atoms with E-state index in [9.17, 15) is 0 Å². The molecule has 0 N–H and O–H groups in total. The molecule has 0 fully saturated rings. The first kappa shape index (κ1) is 11.8. The summed E-state index contributed by atoms with van der Waals surface area (Å²) < 4.78 is 12.6. The lowest BCUT2D eigenvalue weighted by molar-refractivity contribution is 0.169. The summed E-state index contributed by atoms with van der Waals surface area (Å²) in [6.45, 7) is 3.56. The molecule has 2 unspecified atom stereocenters. The molecule has 1 aromatic carbocycles. The molecule has 1 aliphatic heterocycles. The Morgan fingerprint density at radius 1 is 1.18 bits per heavy atom. The third-order valence-electron chi connectivity index (χ3n) is 3.52. The van der Waals surface area contributed by atoms with E-state index in [1.807, 2.05) is 0 Å². The number of benzene rings is 1. The average Bonchev–Trinajstić information content (AvgIpc) is 2.33. The second-order valence-corrected chi connectivity index (χ2v) is 6.62. The number of rotatable bonds is 0. The Morgan fingerprint density at radius 2 is 1.94 bits per heavy atom. The minimum atomic E-state index is 0.377. The zero-order valence-corrected chi connectivity index (χ0v) is 12.8. The maximum absolute atomic E-state index is 5.82. The summed E-state index contributed by atoms with van der Waals surface area (Å²) in [5, 5.41) is 0.